The summed E-state index contributed by atoms with van der Waals surface area (Å²) >= 11 is 4.92. The molecule has 1 aromatic heterocycles. The van der Waals surface area contributed by atoms with Gasteiger partial charge in [0.2, 0.25) is 0 Å². The molecule has 0 N–H and O–H groups in total. The molecule has 0 unspecified atom stereocenters. The van der Waals surface area contributed by atoms with E-state index in [0.717, 1.165) is 10.4 Å². The Bertz CT molecular complexity index is 456. The summed E-state index contributed by atoms with van der Waals surface area (Å²) in [4.78, 5) is 1.09. The quantitative estimate of drug-likeness (QED) is 0.762. The lowest BCUT2D eigenvalue weighted by atomic mass is 10.2. The SMILES string of the molecule is Fc1cccc(CBr)c1OCc1cccs1. The molecule has 2 aromatic rings. The van der Waals surface area contributed by atoms with E-state index in [4.69, 9.17) is 4.74 Å². The van der Waals surface area contributed by atoms with Crippen LogP contribution in [0.1, 0.15) is 10.4 Å². The van der Waals surface area contributed by atoms with E-state index in [1.54, 1.807) is 17.4 Å². The summed E-state index contributed by atoms with van der Waals surface area (Å²) in [6.07, 6.45) is 0. The van der Waals surface area contributed by atoms with Crippen LogP contribution in [0.5, 0.6) is 5.75 Å². The molecule has 84 valence electrons. The lowest BCUT2D eigenvalue weighted by Crippen LogP contribution is -1.98. The Hall–Kier alpha value is -0.870. The second-order valence-corrected chi connectivity index (χ2v) is 4.82. The minimum atomic E-state index is -0.312. The summed E-state index contributed by atoms with van der Waals surface area (Å²) in [5, 5.41) is 2.57. The van der Waals surface area contributed by atoms with Gasteiger partial charge in [0, 0.05) is 15.8 Å². The van der Waals surface area contributed by atoms with E-state index in [1.807, 2.05) is 23.6 Å². The fourth-order valence-electron chi connectivity index (χ4n) is 1.36. The normalized spacial score (nSPS) is 10.4. The zero-order valence-electron chi connectivity index (χ0n) is 8.45. The first kappa shape index (κ1) is 11.6. The van der Waals surface area contributed by atoms with Crippen molar-refractivity contribution in [1.29, 1.82) is 0 Å². The van der Waals surface area contributed by atoms with Crippen molar-refractivity contribution in [2.45, 2.75) is 11.9 Å². The first-order valence-corrected chi connectivity index (χ1v) is 6.80. The molecule has 0 saturated carbocycles. The van der Waals surface area contributed by atoms with Gasteiger partial charge in [-0.2, -0.15) is 0 Å². The van der Waals surface area contributed by atoms with Crippen molar-refractivity contribution in [3.05, 3.63) is 52.0 Å². The Morgan fingerprint density at radius 2 is 2.12 bits per heavy atom. The molecule has 1 nitrogen and oxygen atoms in total. The van der Waals surface area contributed by atoms with Gasteiger partial charge in [-0.15, -0.1) is 11.3 Å². The molecule has 4 heteroatoms. The summed E-state index contributed by atoms with van der Waals surface area (Å²) in [5.41, 5.74) is 0.830. The molecule has 0 aliphatic carbocycles. The molecular weight excluding hydrogens is 291 g/mol. The van der Waals surface area contributed by atoms with Gasteiger partial charge in [-0.05, 0) is 17.5 Å². The van der Waals surface area contributed by atoms with Gasteiger partial charge in [0.15, 0.2) is 11.6 Å². The fourth-order valence-corrected chi connectivity index (χ4v) is 2.42. The van der Waals surface area contributed by atoms with Crippen molar-refractivity contribution >= 4 is 27.3 Å². The Morgan fingerprint density at radius 3 is 2.81 bits per heavy atom. The van der Waals surface area contributed by atoms with E-state index < -0.39 is 0 Å². The average molecular weight is 301 g/mol. The highest BCUT2D eigenvalue weighted by atomic mass is 79.9. The smallest absolute Gasteiger partial charge is 0.165 e. The van der Waals surface area contributed by atoms with Gasteiger partial charge in [-0.3, -0.25) is 0 Å². The van der Waals surface area contributed by atoms with E-state index >= 15 is 0 Å². The molecule has 1 heterocycles. The van der Waals surface area contributed by atoms with Crippen LogP contribution in [0.4, 0.5) is 4.39 Å². The van der Waals surface area contributed by atoms with E-state index in [9.17, 15) is 4.39 Å². The van der Waals surface area contributed by atoms with Crippen molar-refractivity contribution < 1.29 is 9.13 Å². The maximum Gasteiger partial charge on any atom is 0.165 e. The molecule has 0 radical (unpaired) electrons. The molecule has 0 aliphatic heterocycles. The van der Waals surface area contributed by atoms with Gasteiger partial charge >= 0.3 is 0 Å². The predicted octanol–water partition coefficient (Wildman–Crippen LogP) is 4.36. The highest BCUT2D eigenvalue weighted by Crippen LogP contribution is 2.26. The van der Waals surface area contributed by atoms with Gasteiger partial charge in [-0.25, -0.2) is 4.39 Å². The number of thiophene rings is 1. The average Bonchev–Trinajstić information content (AvgIpc) is 2.80. The third-order valence-electron chi connectivity index (χ3n) is 2.13. The summed E-state index contributed by atoms with van der Waals surface area (Å²) in [7, 11) is 0. The highest BCUT2D eigenvalue weighted by Gasteiger charge is 2.09. The maximum atomic E-state index is 13.5. The lowest BCUT2D eigenvalue weighted by molar-refractivity contribution is 0.291. The van der Waals surface area contributed by atoms with Crippen LogP contribution in [0.25, 0.3) is 0 Å². The summed E-state index contributed by atoms with van der Waals surface area (Å²) in [5.74, 6) is 0.0290. The number of hydrogen-bond donors (Lipinski definition) is 0. The van der Waals surface area contributed by atoms with Crippen LogP contribution in [-0.2, 0) is 11.9 Å². The van der Waals surface area contributed by atoms with Crippen LogP contribution in [0.3, 0.4) is 0 Å². The minimum absolute atomic E-state index is 0.312. The number of rotatable bonds is 4. The summed E-state index contributed by atoms with van der Waals surface area (Å²) in [6.45, 7) is 0.415. The van der Waals surface area contributed by atoms with Crippen molar-refractivity contribution in [2.75, 3.05) is 0 Å². The first-order chi connectivity index (χ1) is 7.81. The van der Waals surface area contributed by atoms with Crippen LogP contribution in [0.2, 0.25) is 0 Å². The van der Waals surface area contributed by atoms with Crippen LogP contribution in [0.15, 0.2) is 35.7 Å². The molecule has 0 spiro atoms. The van der Waals surface area contributed by atoms with Gasteiger partial charge in [0.1, 0.15) is 6.61 Å². The number of ether oxygens (including phenoxy) is 1. The third-order valence-corrected chi connectivity index (χ3v) is 3.59. The number of hydrogen-bond acceptors (Lipinski definition) is 2. The van der Waals surface area contributed by atoms with E-state index in [0.29, 0.717) is 17.7 Å². The second kappa shape index (κ2) is 5.46. The van der Waals surface area contributed by atoms with Crippen molar-refractivity contribution in [1.82, 2.24) is 0 Å². The zero-order valence-corrected chi connectivity index (χ0v) is 10.9. The van der Waals surface area contributed by atoms with E-state index in [-0.39, 0.29) is 5.82 Å². The van der Waals surface area contributed by atoms with Crippen molar-refractivity contribution in [2.24, 2.45) is 0 Å². The molecule has 0 amide bonds. The largest absolute Gasteiger partial charge is 0.485 e. The summed E-state index contributed by atoms with van der Waals surface area (Å²) < 4.78 is 19.0. The molecule has 2 rings (SSSR count). The lowest BCUT2D eigenvalue weighted by Gasteiger charge is -2.09. The number of benzene rings is 1. The predicted molar refractivity (Wildman–Crippen MR) is 67.7 cm³/mol. The van der Waals surface area contributed by atoms with Crippen LogP contribution >= 0.6 is 27.3 Å². The first-order valence-electron chi connectivity index (χ1n) is 4.80. The van der Waals surface area contributed by atoms with Crippen molar-refractivity contribution in [3.63, 3.8) is 0 Å². The third kappa shape index (κ3) is 2.62. The monoisotopic (exact) mass is 300 g/mol. The topological polar surface area (TPSA) is 9.23 Å². The van der Waals surface area contributed by atoms with Gasteiger partial charge < -0.3 is 4.74 Å². The fraction of sp³-hybridized carbons (Fsp3) is 0.167. The Kier molecular flexibility index (Phi) is 3.96. The molecule has 0 aliphatic rings. The van der Waals surface area contributed by atoms with Crippen LogP contribution < -0.4 is 4.74 Å². The zero-order chi connectivity index (χ0) is 11.4. The molecule has 16 heavy (non-hydrogen) atoms. The van der Waals surface area contributed by atoms with Crippen LogP contribution in [-0.4, -0.2) is 0 Å². The molecule has 0 atom stereocenters. The molecule has 1 aromatic carbocycles. The molecule has 0 saturated heterocycles. The Morgan fingerprint density at radius 1 is 1.25 bits per heavy atom. The molecular formula is C12H10BrFOS. The standard InChI is InChI=1S/C12H10BrFOS/c13-7-9-3-1-5-11(14)12(9)15-8-10-4-2-6-16-10/h1-6H,7-8H2. The molecule has 0 fully saturated rings. The highest BCUT2D eigenvalue weighted by molar-refractivity contribution is 9.08. The minimum Gasteiger partial charge on any atom is -0.485 e. The number of alkyl halides is 1. The van der Waals surface area contributed by atoms with Gasteiger partial charge in [0.25, 0.3) is 0 Å². The van der Waals surface area contributed by atoms with Crippen LogP contribution in [0, 0.1) is 5.82 Å². The van der Waals surface area contributed by atoms with E-state index in [2.05, 4.69) is 15.9 Å². The van der Waals surface area contributed by atoms with Gasteiger partial charge in [-0.1, -0.05) is 34.1 Å². The summed E-state index contributed by atoms with van der Waals surface area (Å²) in [6, 6.07) is 8.87. The second-order valence-electron chi connectivity index (χ2n) is 3.23. The molecule has 0 bridgehead atoms. The maximum absolute atomic E-state index is 13.5. The van der Waals surface area contributed by atoms with Gasteiger partial charge in [0.05, 0.1) is 0 Å². The number of halogens is 2. The number of para-hydroxylation sites is 1. The Labute approximate surface area is 106 Å². The van der Waals surface area contributed by atoms with Crippen molar-refractivity contribution in [3.8, 4) is 5.75 Å². The van der Waals surface area contributed by atoms with E-state index in [1.165, 1.54) is 6.07 Å². The Balaban J connectivity index is 2.14.